The van der Waals surface area contributed by atoms with E-state index < -0.39 is 5.82 Å². The van der Waals surface area contributed by atoms with Gasteiger partial charge < -0.3 is 9.64 Å². The van der Waals surface area contributed by atoms with E-state index >= 15 is 0 Å². The van der Waals surface area contributed by atoms with Gasteiger partial charge in [-0.1, -0.05) is 11.8 Å². The molecule has 0 amide bonds. The van der Waals surface area contributed by atoms with Crippen LogP contribution < -0.4 is 4.90 Å². The van der Waals surface area contributed by atoms with Crippen LogP contribution in [-0.2, 0) is 4.74 Å². The SMILES string of the molecule is CC1CN(c2cc(F)c(C#Cc3cccnc3)cc2C=O)CC(C)O1. The Morgan fingerprint density at radius 1 is 1.28 bits per heavy atom. The maximum Gasteiger partial charge on any atom is 0.152 e. The summed E-state index contributed by atoms with van der Waals surface area (Å²) in [6.07, 6.45) is 4.05. The normalized spacial score (nSPS) is 19.9. The number of pyridine rings is 1. The van der Waals surface area contributed by atoms with Gasteiger partial charge in [0.05, 0.1) is 23.5 Å². The molecule has 5 heteroatoms. The van der Waals surface area contributed by atoms with Gasteiger partial charge in [0.25, 0.3) is 0 Å². The van der Waals surface area contributed by atoms with Gasteiger partial charge >= 0.3 is 0 Å². The molecule has 0 N–H and O–H groups in total. The van der Waals surface area contributed by atoms with E-state index in [1.165, 1.54) is 12.1 Å². The first-order chi connectivity index (χ1) is 12.1. The molecule has 2 aromatic rings. The standard InChI is InChI=1S/C20H19FN2O2/c1-14-11-23(12-15(2)25-14)20-9-19(21)17(8-18(20)13-24)6-5-16-4-3-7-22-10-16/h3-4,7-10,13-15H,11-12H2,1-2H3. The molecule has 4 nitrogen and oxygen atoms in total. The summed E-state index contributed by atoms with van der Waals surface area (Å²) < 4.78 is 20.2. The van der Waals surface area contributed by atoms with Crippen LogP contribution in [0.4, 0.5) is 10.1 Å². The fourth-order valence-corrected chi connectivity index (χ4v) is 2.99. The molecule has 2 atom stereocenters. The summed E-state index contributed by atoms with van der Waals surface area (Å²) >= 11 is 0. The summed E-state index contributed by atoms with van der Waals surface area (Å²) in [5.41, 5.74) is 1.90. The van der Waals surface area contributed by atoms with Crippen molar-refractivity contribution < 1.29 is 13.9 Å². The summed E-state index contributed by atoms with van der Waals surface area (Å²) in [7, 11) is 0. The third kappa shape index (κ3) is 4.04. The molecule has 1 aromatic heterocycles. The quantitative estimate of drug-likeness (QED) is 0.623. The topological polar surface area (TPSA) is 42.4 Å². The van der Waals surface area contributed by atoms with Crippen LogP contribution in [0.25, 0.3) is 0 Å². The highest BCUT2D eigenvalue weighted by Gasteiger charge is 2.24. The van der Waals surface area contributed by atoms with Crippen LogP contribution in [0.2, 0.25) is 0 Å². The minimum atomic E-state index is -0.441. The number of aromatic nitrogens is 1. The highest BCUT2D eigenvalue weighted by atomic mass is 19.1. The summed E-state index contributed by atoms with van der Waals surface area (Å²) in [4.78, 5) is 17.5. The zero-order chi connectivity index (χ0) is 17.8. The van der Waals surface area contributed by atoms with Crippen LogP contribution in [0, 0.1) is 17.7 Å². The molecular formula is C20H19FN2O2. The van der Waals surface area contributed by atoms with E-state index in [9.17, 15) is 9.18 Å². The largest absolute Gasteiger partial charge is 0.372 e. The van der Waals surface area contributed by atoms with E-state index in [1.807, 2.05) is 18.7 Å². The maximum absolute atomic E-state index is 14.5. The zero-order valence-electron chi connectivity index (χ0n) is 14.2. The Balaban J connectivity index is 1.94. The molecule has 0 saturated carbocycles. The lowest BCUT2D eigenvalue weighted by molar-refractivity contribution is -0.00527. The summed E-state index contributed by atoms with van der Waals surface area (Å²) in [5.74, 6) is 5.21. The average molecular weight is 338 g/mol. The van der Waals surface area contributed by atoms with Crippen LogP contribution in [0.1, 0.15) is 35.3 Å². The van der Waals surface area contributed by atoms with Crippen molar-refractivity contribution in [2.45, 2.75) is 26.1 Å². The number of hydrogen-bond donors (Lipinski definition) is 0. The molecule has 1 aliphatic rings. The third-order valence-corrected chi connectivity index (χ3v) is 4.01. The Morgan fingerprint density at radius 3 is 2.68 bits per heavy atom. The van der Waals surface area contributed by atoms with Crippen LogP contribution in [0.15, 0.2) is 36.7 Å². The van der Waals surface area contributed by atoms with Crippen molar-refractivity contribution in [1.82, 2.24) is 4.98 Å². The van der Waals surface area contributed by atoms with E-state index in [0.717, 1.165) is 6.29 Å². The second-order valence-corrected chi connectivity index (χ2v) is 6.16. The molecule has 1 saturated heterocycles. The molecule has 1 aliphatic heterocycles. The minimum absolute atomic E-state index is 0.0244. The van der Waals surface area contributed by atoms with Gasteiger partial charge in [-0.25, -0.2) is 4.39 Å². The molecule has 3 rings (SSSR count). The van der Waals surface area contributed by atoms with E-state index in [2.05, 4.69) is 16.8 Å². The number of benzene rings is 1. The Bertz CT molecular complexity index is 817. The Hall–Kier alpha value is -2.71. The van der Waals surface area contributed by atoms with Crippen molar-refractivity contribution in [3.05, 3.63) is 59.2 Å². The number of halogens is 1. The fraction of sp³-hybridized carbons (Fsp3) is 0.300. The van der Waals surface area contributed by atoms with Crippen molar-refractivity contribution >= 4 is 12.0 Å². The summed E-state index contributed by atoms with van der Waals surface area (Å²) in [6, 6.07) is 6.46. The molecule has 1 fully saturated rings. The fourth-order valence-electron chi connectivity index (χ4n) is 2.99. The molecule has 128 valence electrons. The third-order valence-electron chi connectivity index (χ3n) is 4.01. The van der Waals surface area contributed by atoms with E-state index in [4.69, 9.17) is 4.74 Å². The first-order valence-corrected chi connectivity index (χ1v) is 8.18. The number of aldehydes is 1. The van der Waals surface area contributed by atoms with Gasteiger partial charge in [0.15, 0.2) is 6.29 Å². The molecule has 2 heterocycles. The van der Waals surface area contributed by atoms with Gasteiger partial charge in [-0.15, -0.1) is 0 Å². The van der Waals surface area contributed by atoms with Crippen molar-refractivity contribution in [3.63, 3.8) is 0 Å². The lowest BCUT2D eigenvalue weighted by Crippen LogP contribution is -2.45. The van der Waals surface area contributed by atoms with Gasteiger partial charge in [0.1, 0.15) is 5.82 Å². The van der Waals surface area contributed by atoms with Gasteiger partial charge in [-0.05, 0) is 38.1 Å². The first kappa shape index (κ1) is 17.1. The second kappa shape index (κ2) is 7.45. The molecular weight excluding hydrogens is 319 g/mol. The van der Waals surface area contributed by atoms with Gasteiger partial charge in [0, 0.05) is 36.6 Å². The van der Waals surface area contributed by atoms with Gasteiger partial charge in [-0.2, -0.15) is 0 Å². The van der Waals surface area contributed by atoms with Crippen LogP contribution >= 0.6 is 0 Å². The molecule has 1 aromatic carbocycles. The number of rotatable bonds is 2. The van der Waals surface area contributed by atoms with E-state index in [-0.39, 0.29) is 17.8 Å². The summed E-state index contributed by atoms with van der Waals surface area (Å²) in [5, 5.41) is 0. The minimum Gasteiger partial charge on any atom is -0.372 e. The lowest BCUT2D eigenvalue weighted by atomic mass is 10.1. The predicted molar refractivity (Wildman–Crippen MR) is 94.2 cm³/mol. The lowest BCUT2D eigenvalue weighted by Gasteiger charge is -2.37. The highest BCUT2D eigenvalue weighted by Crippen LogP contribution is 2.26. The van der Waals surface area contributed by atoms with Gasteiger partial charge in [-0.3, -0.25) is 9.78 Å². The molecule has 0 radical (unpaired) electrons. The van der Waals surface area contributed by atoms with Crippen molar-refractivity contribution in [1.29, 1.82) is 0 Å². The molecule has 25 heavy (non-hydrogen) atoms. The summed E-state index contributed by atoms with van der Waals surface area (Å²) in [6.45, 7) is 5.16. The number of carbonyl (C=O) groups excluding carboxylic acids is 1. The molecule has 0 bridgehead atoms. The van der Waals surface area contributed by atoms with E-state index in [1.54, 1.807) is 24.5 Å². The number of ether oxygens (including phenoxy) is 1. The number of hydrogen-bond acceptors (Lipinski definition) is 4. The van der Waals surface area contributed by atoms with Gasteiger partial charge in [0.2, 0.25) is 0 Å². The number of nitrogens with zero attached hydrogens (tertiary/aromatic N) is 2. The van der Waals surface area contributed by atoms with Crippen LogP contribution in [0.5, 0.6) is 0 Å². The van der Waals surface area contributed by atoms with E-state index in [0.29, 0.717) is 29.9 Å². The zero-order valence-corrected chi connectivity index (χ0v) is 14.2. The predicted octanol–water partition coefficient (Wildman–Crippen LogP) is 3.05. The Labute approximate surface area is 146 Å². The molecule has 0 spiro atoms. The second-order valence-electron chi connectivity index (χ2n) is 6.16. The average Bonchev–Trinajstić information content (AvgIpc) is 2.60. The Morgan fingerprint density at radius 2 is 2.04 bits per heavy atom. The Kier molecular flexibility index (Phi) is 5.11. The van der Waals surface area contributed by atoms with Crippen molar-refractivity contribution in [2.75, 3.05) is 18.0 Å². The van der Waals surface area contributed by atoms with Crippen LogP contribution in [-0.4, -0.2) is 36.6 Å². The molecule has 2 unspecified atom stereocenters. The van der Waals surface area contributed by atoms with Crippen molar-refractivity contribution in [3.8, 4) is 11.8 Å². The maximum atomic E-state index is 14.5. The number of anilines is 1. The smallest absolute Gasteiger partial charge is 0.152 e. The van der Waals surface area contributed by atoms with Crippen LogP contribution in [0.3, 0.4) is 0 Å². The van der Waals surface area contributed by atoms with Crippen molar-refractivity contribution in [2.24, 2.45) is 0 Å². The monoisotopic (exact) mass is 338 g/mol. The number of morpholine rings is 1. The molecule has 0 aliphatic carbocycles. The first-order valence-electron chi connectivity index (χ1n) is 8.18. The highest BCUT2D eigenvalue weighted by molar-refractivity contribution is 5.85. The number of carbonyl (C=O) groups is 1.